The van der Waals surface area contributed by atoms with Crippen molar-refractivity contribution in [2.45, 2.75) is 32.7 Å². The van der Waals surface area contributed by atoms with Gasteiger partial charge < -0.3 is 14.4 Å². The van der Waals surface area contributed by atoms with Crippen molar-refractivity contribution in [1.29, 1.82) is 0 Å². The van der Waals surface area contributed by atoms with E-state index in [-0.39, 0.29) is 6.42 Å². The van der Waals surface area contributed by atoms with Crippen LogP contribution in [0, 0.1) is 0 Å². The van der Waals surface area contributed by atoms with Gasteiger partial charge in [0, 0.05) is 33.9 Å². The molecular formula is C23H22ClNO3S. The number of ether oxygens (including phenoxy) is 1. The highest BCUT2D eigenvalue weighted by molar-refractivity contribution is 7.17. The minimum absolute atomic E-state index is 0.00422. The number of aliphatic carboxylic acids is 1. The molecule has 0 saturated heterocycles. The molecule has 0 saturated carbocycles. The predicted octanol–water partition coefficient (Wildman–Crippen LogP) is 6.36. The Morgan fingerprint density at radius 3 is 2.83 bits per heavy atom. The monoisotopic (exact) mass is 427 g/mol. The molecule has 2 aromatic heterocycles. The minimum atomic E-state index is -0.833. The number of benzene rings is 2. The molecule has 0 atom stereocenters. The number of nitrogens with zero attached hydrogens (tertiary/aromatic N) is 1. The van der Waals surface area contributed by atoms with E-state index in [2.05, 4.69) is 16.9 Å². The van der Waals surface area contributed by atoms with Crippen LogP contribution >= 0.6 is 22.9 Å². The topological polar surface area (TPSA) is 51.5 Å². The molecule has 2 heterocycles. The number of halogens is 1. The SMILES string of the molecule is CCCCOc1ccc2c(CC(=O)O)cn(Cc3csc4ccc(Cl)cc34)c2c1. The first kappa shape index (κ1) is 19.8. The summed E-state index contributed by atoms with van der Waals surface area (Å²) in [5, 5.41) is 14.3. The first-order valence-electron chi connectivity index (χ1n) is 9.67. The second-order valence-corrected chi connectivity index (χ2v) is 8.48. The summed E-state index contributed by atoms with van der Waals surface area (Å²) in [6.45, 7) is 3.46. The molecule has 4 nitrogen and oxygen atoms in total. The van der Waals surface area contributed by atoms with E-state index in [0.717, 1.165) is 40.4 Å². The molecule has 0 spiro atoms. The highest BCUT2D eigenvalue weighted by Crippen LogP contribution is 2.32. The van der Waals surface area contributed by atoms with Gasteiger partial charge in [-0.1, -0.05) is 24.9 Å². The molecule has 0 aliphatic rings. The van der Waals surface area contributed by atoms with Gasteiger partial charge in [0.05, 0.1) is 18.5 Å². The maximum atomic E-state index is 11.3. The first-order valence-corrected chi connectivity index (χ1v) is 10.9. The van der Waals surface area contributed by atoms with Crippen molar-refractivity contribution >= 4 is 49.9 Å². The third kappa shape index (κ3) is 4.26. The van der Waals surface area contributed by atoms with E-state index in [1.54, 1.807) is 11.3 Å². The smallest absolute Gasteiger partial charge is 0.307 e. The van der Waals surface area contributed by atoms with Crippen LogP contribution in [0.4, 0.5) is 0 Å². The van der Waals surface area contributed by atoms with Crippen molar-refractivity contribution in [2.24, 2.45) is 0 Å². The van der Waals surface area contributed by atoms with E-state index in [1.165, 1.54) is 10.3 Å². The average Bonchev–Trinajstić information content (AvgIpc) is 3.23. The largest absolute Gasteiger partial charge is 0.494 e. The number of hydrogen-bond donors (Lipinski definition) is 1. The maximum absolute atomic E-state index is 11.3. The zero-order valence-electron chi connectivity index (χ0n) is 16.2. The van der Waals surface area contributed by atoms with E-state index in [9.17, 15) is 9.90 Å². The molecule has 4 aromatic rings. The van der Waals surface area contributed by atoms with Crippen LogP contribution in [0.1, 0.15) is 30.9 Å². The molecule has 0 radical (unpaired) electrons. The average molecular weight is 428 g/mol. The van der Waals surface area contributed by atoms with Crippen LogP contribution in [-0.4, -0.2) is 22.2 Å². The summed E-state index contributed by atoms with van der Waals surface area (Å²) in [4.78, 5) is 11.3. The summed E-state index contributed by atoms with van der Waals surface area (Å²) < 4.78 is 9.18. The lowest BCUT2D eigenvalue weighted by Crippen LogP contribution is -2.00. The van der Waals surface area contributed by atoms with Gasteiger partial charge in [-0.2, -0.15) is 0 Å². The number of hydrogen-bond acceptors (Lipinski definition) is 3. The standard InChI is InChI=1S/C23H22ClNO3S/c1-2-3-8-28-18-5-6-19-15(9-23(26)27)12-25(21(19)11-18)13-16-14-29-22-7-4-17(24)10-20(16)22/h4-7,10-12,14H,2-3,8-9,13H2,1H3,(H,26,27). The normalized spacial score (nSPS) is 11.4. The molecule has 0 fully saturated rings. The molecule has 0 bridgehead atoms. The van der Waals surface area contributed by atoms with E-state index >= 15 is 0 Å². The zero-order chi connectivity index (χ0) is 20.4. The Balaban J connectivity index is 1.75. The number of carboxylic acids is 1. The maximum Gasteiger partial charge on any atom is 0.307 e. The summed E-state index contributed by atoms with van der Waals surface area (Å²) in [6, 6.07) is 11.8. The number of carbonyl (C=O) groups is 1. The lowest BCUT2D eigenvalue weighted by molar-refractivity contribution is -0.136. The Morgan fingerprint density at radius 1 is 1.17 bits per heavy atom. The third-order valence-electron chi connectivity index (χ3n) is 5.00. The molecule has 1 N–H and O–H groups in total. The van der Waals surface area contributed by atoms with Gasteiger partial charge in [-0.25, -0.2) is 0 Å². The molecule has 0 aliphatic heterocycles. The number of rotatable bonds is 8. The van der Waals surface area contributed by atoms with Gasteiger partial charge in [0.15, 0.2) is 0 Å². The first-order chi connectivity index (χ1) is 14.0. The van der Waals surface area contributed by atoms with Crippen LogP contribution in [0.2, 0.25) is 5.02 Å². The molecule has 4 rings (SSSR count). The number of thiophene rings is 1. The fourth-order valence-electron chi connectivity index (χ4n) is 3.57. The number of carboxylic acid groups (broad SMARTS) is 1. The van der Waals surface area contributed by atoms with Crippen LogP contribution in [0.15, 0.2) is 48.0 Å². The van der Waals surface area contributed by atoms with Crippen LogP contribution in [0.5, 0.6) is 5.75 Å². The Kier molecular flexibility index (Phi) is 5.79. The third-order valence-corrected chi connectivity index (χ3v) is 6.25. The summed E-state index contributed by atoms with van der Waals surface area (Å²) in [5.74, 6) is -0.0227. The molecular weight excluding hydrogens is 406 g/mol. The number of unbranched alkanes of at least 4 members (excludes halogenated alkanes) is 1. The van der Waals surface area contributed by atoms with E-state index in [1.807, 2.05) is 42.6 Å². The summed E-state index contributed by atoms with van der Waals surface area (Å²) >= 11 is 7.89. The molecule has 0 unspecified atom stereocenters. The van der Waals surface area contributed by atoms with Crippen LogP contribution in [0.25, 0.3) is 21.0 Å². The predicted molar refractivity (Wildman–Crippen MR) is 120 cm³/mol. The Bertz CT molecular complexity index is 1180. The van der Waals surface area contributed by atoms with Crippen LogP contribution in [0.3, 0.4) is 0 Å². The summed E-state index contributed by atoms with van der Waals surface area (Å²) in [6.07, 6.45) is 4.03. The zero-order valence-corrected chi connectivity index (χ0v) is 17.7. The van der Waals surface area contributed by atoms with Gasteiger partial charge in [-0.3, -0.25) is 4.79 Å². The fourth-order valence-corrected chi connectivity index (χ4v) is 4.67. The highest BCUT2D eigenvalue weighted by atomic mass is 35.5. The molecule has 6 heteroatoms. The minimum Gasteiger partial charge on any atom is -0.494 e. The van der Waals surface area contributed by atoms with Crippen molar-refractivity contribution in [3.05, 3.63) is 64.1 Å². The lowest BCUT2D eigenvalue weighted by atomic mass is 10.1. The quantitative estimate of drug-likeness (QED) is 0.332. The molecule has 150 valence electrons. The Morgan fingerprint density at radius 2 is 2.03 bits per heavy atom. The summed E-state index contributed by atoms with van der Waals surface area (Å²) in [5.41, 5.74) is 2.96. The second kappa shape index (κ2) is 8.47. The van der Waals surface area contributed by atoms with Gasteiger partial charge in [0.25, 0.3) is 0 Å². The fraction of sp³-hybridized carbons (Fsp3) is 0.261. The van der Waals surface area contributed by atoms with E-state index in [0.29, 0.717) is 18.2 Å². The van der Waals surface area contributed by atoms with E-state index < -0.39 is 5.97 Å². The second-order valence-electron chi connectivity index (χ2n) is 7.14. The van der Waals surface area contributed by atoms with Gasteiger partial charge in [0.2, 0.25) is 0 Å². The summed E-state index contributed by atoms with van der Waals surface area (Å²) in [7, 11) is 0. The molecule has 2 aromatic carbocycles. The van der Waals surface area contributed by atoms with Crippen molar-refractivity contribution in [3.8, 4) is 5.75 Å². The molecule has 29 heavy (non-hydrogen) atoms. The molecule has 0 amide bonds. The van der Waals surface area contributed by atoms with Gasteiger partial charge in [-0.05, 0) is 58.6 Å². The lowest BCUT2D eigenvalue weighted by Gasteiger charge is -2.08. The Hall–Kier alpha value is -2.50. The molecule has 0 aliphatic carbocycles. The Labute approximate surface area is 178 Å². The van der Waals surface area contributed by atoms with Gasteiger partial charge in [0.1, 0.15) is 5.75 Å². The number of aromatic nitrogens is 1. The van der Waals surface area contributed by atoms with Crippen LogP contribution in [-0.2, 0) is 17.8 Å². The van der Waals surface area contributed by atoms with Crippen molar-refractivity contribution < 1.29 is 14.6 Å². The highest BCUT2D eigenvalue weighted by Gasteiger charge is 2.14. The van der Waals surface area contributed by atoms with Gasteiger partial charge >= 0.3 is 5.97 Å². The van der Waals surface area contributed by atoms with Crippen LogP contribution < -0.4 is 4.74 Å². The van der Waals surface area contributed by atoms with Crippen molar-refractivity contribution in [2.75, 3.05) is 6.61 Å². The van der Waals surface area contributed by atoms with Gasteiger partial charge in [-0.15, -0.1) is 11.3 Å². The van der Waals surface area contributed by atoms with Crippen molar-refractivity contribution in [3.63, 3.8) is 0 Å². The van der Waals surface area contributed by atoms with Crippen molar-refractivity contribution in [1.82, 2.24) is 4.57 Å². The number of fused-ring (bicyclic) bond motifs is 2. The van der Waals surface area contributed by atoms with E-state index in [4.69, 9.17) is 16.3 Å².